The van der Waals surface area contributed by atoms with Crippen molar-refractivity contribution in [2.75, 3.05) is 13.2 Å². The number of ether oxygens (including phenoxy) is 2. The summed E-state index contributed by atoms with van der Waals surface area (Å²) in [5.41, 5.74) is 2.21. The Bertz CT molecular complexity index is 1180. The van der Waals surface area contributed by atoms with Crippen molar-refractivity contribution in [3.05, 3.63) is 96.1 Å². The van der Waals surface area contributed by atoms with Gasteiger partial charge in [-0.2, -0.15) is 0 Å². The number of hydrogen-bond donors (Lipinski definition) is 1. The van der Waals surface area contributed by atoms with Crippen LogP contribution in [0.5, 0.6) is 0 Å². The zero-order chi connectivity index (χ0) is 28.1. The first kappa shape index (κ1) is 29.2. The average Bonchev–Trinajstić information content (AvgIpc) is 2.90. The van der Waals surface area contributed by atoms with Crippen molar-refractivity contribution in [3.63, 3.8) is 0 Å². The van der Waals surface area contributed by atoms with Crippen LogP contribution in [0, 0.1) is 5.92 Å². The van der Waals surface area contributed by atoms with E-state index in [1.54, 1.807) is 0 Å². The molecule has 0 amide bonds. The maximum absolute atomic E-state index is 11.2. The molecular weight excluding hydrogens is 504 g/mol. The highest BCUT2D eigenvalue weighted by molar-refractivity contribution is 6.99. The van der Waals surface area contributed by atoms with Gasteiger partial charge >= 0.3 is 5.97 Å². The summed E-state index contributed by atoms with van der Waals surface area (Å²) in [6.07, 6.45) is 1.18. The van der Waals surface area contributed by atoms with Gasteiger partial charge in [0.15, 0.2) is 5.79 Å². The number of carboxylic acids is 1. The summed E-state index contributed by atoms with van der Waals surface area (Å²) < 4.78 is 19.9. The third-order valence-corrected chi connectivity index (χ3v) is 12.7. The molecule has 1 heterocycles. The van der Waals surface area contributed by atoms with Crippen LogP contribution in [0.2, 0.25) is 5.04 Å². The van der Waals surface area contributed by atoms with Crippen molar-refractivity contribution < 1.29 is 23.8 Å². The van der Waals surface area contributed by atoms with Gasteiger partial charge in [0, 0.05) is 12.3 Å². The van der Waals surface area contributed by atoms with Gasteiger partial charge in [-0.15, -0.1) is 0 Å². The molecule has 1 saturated heterocycles. The van der Waals surface area contributed by atoms with Gasteiger partial charge < -0.3 is 19.0 Å². The van der Waals surface area contributed by atoms with Crippen molar-refractivity contribution >= 4 is 24.7 Å². The van der Waals surface area contributed by atoms with Crippen LogP contribution >= 0.6 is 0 Å². The largest absolute Gasteiger partial charge is 0.481 e. The maximum Gasteiger partial charge on any atom is 0.303 e. The van der Waals surface area contributed by atoms with Crippen LogP contribution in [0.15, 0.2) is 84.9 Å². The summed E-state index contributed by atoms with van der Waals surface area (Å²) in [6, 6.07) is 29.4. The number of aryl methyl sites for hydroxylation is 1. The highest BCUT2D eigenvalue weighted by Gasteiger charge is 2.51. The summed E-state index contributed by atoms with van der Waals surface area (Å²) in [6.45, 7) is 11.8. The SMILES string of the molecule is CC1(C)OC[C@H](Cc2ccccc2CCC(=O)O)[C@H](CO[Si](c2ccccc2)(c2ccccc2)C(C)(C)C)O1. The lowest BCUT2D eigenvalue weighted by Crippen LogP contribution is -2.67. The lowest BCUT2D eigenvalue weighted by molar-refractivity contribution is -0.296. The fraction of sp³-hybridized carbons (Fsp3) is 0.424. The van der Waals surface area contributed by atoms with E-state index in [4.69, 9.17) is 13.9 Å². The van der Waals surface area contributed by atoms with Gasteiger partial charge in [-0.3, -0.25) is 4.79 Å². The molecule has 0 radical (unpaired) electrons. The summed E-state index contributed by atoms with van der Waals surface area (Å²) in [4.78, 5) is 11.2. The molecule has 1 N–H and O–H groups in total. The van der Waals surface area contributed by atoms with Gasteiger partial charge in [-0.25, -0.2) is 0 Å². The second-order valence-electron chi connectivity index (χ2n) is 12.0. The molecule has 1 fully saturated rings. The number of benzene rings is 3. The third-order valence-electron chi connectivity index (χ3n) is 7.70. The Hall–Kier alpha value is -2.77. The van der Waals surface area contributed by atoms with E-state index >= 15 is 0 Å². The van der Waals surface area contributed by atoms with Gasteiger partial charge in [0.1, 0.15) is 0 Å². The van der Waals surface area contributed by atoms with E-state index in [0.717, 1.165) is 17.5 Å². The standard InChI is InChI=1S/C33H42O5Si/c1-32(2,3)39(28-16-8-6-9-17-28,29-18-10-7-11-19-29)37-24-30-27(23-36-33(4,5)38-30)22-26-15-13-12-14-25(26)20-21-31(34)35/h6-19,27,30H,20-24H2,1-5H3,(H,34,35)/t27-,30-/m0/s1. The molecule has 39 heavy (non-hydrogen) atoms. The quantitative estimate of drug-likeness (QED) is 0.336. The van der Waals surface area contributed by atoms with Crippen LogP contribution < -0.4 is 10.4 Å². The fourth-order valence-electron chi connectivity index (χ4n) is 5.76. The van der Waals surface area contributed by atoms with Crippen LogP contribution in [-0.4, -0.2) is 44.5 Å². The number of hydrogen-bond acceptors (Lipinski definition) is 4. The molecule has 0 bridgehead atoms. The first-order valence-electron chi connectivity index (χ1n) is 13.9. The van der Waals surface area contributed by atoms with Gasteiger partial charge in [0.25, 0.3) is 8.32 Å². The molecule has 208 valence electrons. The molecule has 1 aliphatic rings. The van der Waals surface area contributed by atoms with Crippen LogP contribution in [0.4, 0.5) is 0 Å². The first-order chi connectivity index (χ1) is 18.5. The number of carboxylic acid groups (broad SMARTS) is 1. The summed E-state index contributed by atoms with van der Waals surface area (Å²) >= 11 is 0. The highest BCUT2D eigenvalue weighted by atomic mass is 28.4. The maximum atomic E-state index is 11.2. The first-order valence-corrected chi connectivity index (χ1v) is 15.8. The molecule has 0 aromatic heterocycles. The van der Waals surface area contributed by atoms with E-state index in [1.165, 1.54) is 10.4 Å². The minimum Gasteiger partial charge on any atom is -0.481 e. The Kier molecular flexibility index (Phi) is 9.12. The van der Waals surface area contributed by atoms with Crippen molar-refractivity contribution in [2.24, 2.45) is 5.92 Å². The fourth-order valence-corrected chi connectivity index (χ4v) is 10.3. The van der Waals surface area contributed by atoms with Gasteiger partial charge in [0.2, 0.25) is 0 Å². The normalized spacial score (nSPS) is 19.5. The zero-order valence-corrected chi connectivity index (χ0v) is 24.9. The highest BCUT2D eigenvalue weighted by Crippen LogP contribution is 2.38. The molecule has 1 aliphatic heterocycles. The minimum absolute atomic E-state index is 0.0715. The molecule has 0 saturated carbocycles. The molecule has 4 rings (SSSR count). The smallest absolute Gasteiger partial charge is 0.303 e. The molecule has 2 atom stereocenters. The van der Waals surface area contributed by atoms with Crippen molar-refractivity contribution in [3.8, 4) is 0 Å². The molecule has 0 unspecified atom stereocenters. The van der Waals surface area contributed by atoms with Crippen molar-refractivity contribution in [2.45, 2.75) is 70.8 Å². The van der Waals surface area contributed by atoms with Crippen molar-refractivity contribution in [1.82, 2.24) is 0 Å². The Balaban J connectivity index is 1.67. The summed E-state index contributed by atoms with van der Waals surface area (Å²) in [7, 11) is -2.72. The Morgan fingerprint density at radius 1 is 0.923 bits per heavy atom. The number of carbonyl (C=O) groups is 1. The zero-order valence-electron chi connectivity index (χ0n) is 23.9. The number of rotatable bonds is 10. The van der Waals surface area contributed by atoms with Crippen LogP contribution in [0.1, 0.15) is 52.2 Å². The summed E-state index contributed by atoms with van der Waals surface area (Å²) in [5, 5.41) is 11.6. The third kappa shape index (κ3) is 6.87. The second kappa shape index (κ2) is 12.2. The number of aliphatic carboxylic acids is 1. The Morgan fingerprint density at radius 2 is 1.46 bits per heavy atom. The predicted molar refractivity (Wildman–Crippen MR) is 158 cm³/mol. The van der Waals surface area contributed by atoms with E-state index in [0.29, 0.717) is 19.6 Å². The lowest BCUT2D eigenvalue weighted by atomic mass is 9.90. The van der Waals surface area contributed by atoms with Gasteiger partial charge in [-0.1, -0.05) is 106 Å². The van der Waals surface area contributed by atoms with Crippen LogP contribution in [-0.2, 0) is 31.5 Å². The Morgan fingerprint density at radius 3 is 2.00 bits per heavy atom. The summed E-state index contributed by atoms with van der Waals surface area (Å²) in [5.74, 6) is -1.42. The molecular formula is C33H42O5Si. The molecule has 5 nitrogen and oxygen atoms in total. The topological polar surface area (TPSA) is 65.0 Å². The predicted octanol–water partition coefficient (Wildman–Crippen LogP) is 5.59. The lowest BCUT2D eigenvalue weighted by Gasteiger charge is -2.46. The Labute approximate surface area is 234 Å². The minimum atomic E-state index is -2.72. The second-order valence-corrected chi connectivity index (χ2v) is 16.3. The molecule has 0 spiro atoms. The van der Waals surface area contributed by atoms with E-state index in [2.05, 4.69) is 87.5 Å². The van der Waals surface area contributed by atoms with E-state index in [-0.39, 0.29) is 23.5 Å². The van der Waals surface area contributed by atoms with E-state index < -0.39 is 20.1 Å². The molecule has 3 aromatic carbocycles. The average molecular weight is 547 g/mol. The van der Waals surface area contributed by atoms with Gasteiger partial charge in [0.05, 0.1) is 19.3 Å². The monoisotopic (exact) mass is 546 g/mol. The van der Waals surface area contributed by atoms with E-state index in [1.807, 2.05) is 32.0 Å². The van der Waals surface area contributed by atoms with Crippen molar-refractivity contribution in [1.29, 1.82) is 0 Å². The van der Waals surface area contributed by atoms with Crippen LogP contribution in [0.25, 0.3) is 0 Å². The van der Waals surface area contributed by atoms with E-state index in [9.17, 15) is 9.90 Å². The van der Waals surface area contributed by atoms with Crippen LogP contribution in [0.3, 0.4) is 0 Å². The molecule has 6 heteroatoms. The van der Waals surface area contributed by atoms with Gasteiger partial charge in [-0.05, 0) is 53.2 Å². The molecule has 3 aromatic rings. The molecule has 0 aliphatic carbocycles.